The summed E-state index contributed by atoms with van der Waals surface area (Å²) in [6.07, 6.45) is 4.09. The molecule has 1 aromatic heterocycles. The Balaban J connectivity index is 1.69. The van der Waals surface area contributed by atoms with E-state index in [0.29, 0.717) is 23.3 Å². The number of hydrogen-bond acceptors (Lipinski definition) is 3. The lowest BCUT2D eigenvalue weighted by Gasteiger charge is -2.22. The molecule has 1 aliphatic heterocycles. The van der Waals surface area contributed by atoms with Crippen molar-refractivity contribution in [2.75, 3.05) is 13.1 Å². The van der Waals surface area contributed by atoms with Gasteiger partial charge in [0.25, 0.3) is 0 Å². The smallest absolute Gasteiger partial charge is 0.134 e. The maximum Gasteiger partial charge on any atom is 0.134 e. The van der Waals surface area contributed by atoms with E-state index in [4.69, 9.17) is 0 Å². The van der Waals surface area contributed by atoms with E-state index in [1.807, 2.05) is 30.3 Å². The van der Waals surface area contributed by atoms with Gasteiger partial charge in [-0.15, -0.1) is 9.94 Å². The number of rotatable bonds is 3. The Hall–Kier alpha value is -2.40. The number of nitrogens with one attached hydrogen (secondary N) is 1. The number of benzene rings is 2. The van der Waals surface area contributed by atoms with Crippen LogP contribution in [0.25, 0.3) is 10.8 Å². The molecule has 24 heavy (non-hydrogen) atoms. The Morgan fingerprint density at radius 3 is 2.79 bits per heavy atom. The van der Waals surface area contributed by atoms with Gasteiger partial charge in [0.05, 0.1) is 11.9 Å². The highest BCUT2D eigenvalue weighted by Gasteiger charge is 2.22. The molecule has 124 valence electrons. The summed E-state index contributed by atoms with van der Waals surface area (Å²) in [6, 6.07) is 11.2. The molecule has 0 spiro atoms. The molecule has 2 aromatic carbocycles. The van der Waals surface area contributed by atoms with E-state index < -0.39 is 0 Å². The first kappa shape index (κ1) is 15.1. The number of halogens is 1. The Labute approximate surface area is 139 Å². The van der Waals surface area contributed by atoms with Gasteiger partial charge < -0.3 is 10.5 Å². The van der Waals surface area contributed by atoms with E-state index in [9.17, 15) is 9.60 Å². The van der Waals surface area contributed by atoms with Crippen molar-refractivity contribution >= 4 is 10.8 Å². The molecule has 0 aliphatic carbocycles. The molecule has 1 saturated heterocycles. The van der Waals surface area contributed by atoms with Crippen LogP contribution in [0, 0.1) is 5.82 Å². The monoisotopic (exact) mass is 325 g/mol. The van der Waals surface area contributed by atoms with Crippen LogP contribution in [-0.4, -0.2) is 28.2 Å². The largest absolute Gasteiger partial charge is 0.412 e. The van der Waals surface area contributed by atoms with Crippen LogP contribution >= 0.6 is 0 Å². The number of aromatic nitrogens is 2. The summed E-state index contributed by atoms with van der Waals surface area (Å²) in [5, 5.41) is 18.8. The lowest BCUT2D eigenvalue weighted by atomic mass is 9.89. The predicted octanol–water partition coefficient (Wildman–Crippen LogP) is 3.47. The molecule has 0 saturated carbocycles. The Morgan fingerprint density at radius 2 is 1.96 bits per heavy atom. The van der Waals surface area contributed by atoms with E-state index in [0.717, 1.165) is 47.4 Å². The van der Waals surface area contributed by atoms with E-state index >= 15 is 0 Å². The third-order valence-corrected chi connectivity index (χ3v) is 4.89. The second kappa shape index (κ2) is 6.24. The zero-order chi connectivity index (χ0) is 16.5. The van der Waals surface area contributed by atoms with Gasteiger partial charge in [-0.05, 0) is 42.8 Å². The quantitative estimate of drug-likeness (QED) is 0.725. The van der Waals surface area contributed by atoms with Crippen molar-refractivity contribution in [3.05, 3.63) is 65.2 Å². The van der Waals surface area contributed by atoms with Gasteiger partial charge in [-0.3, -0.25) is 0 Å². The van der Waals surface area contributed by atoms with Gasteiger partial charge in [-0.1, -0.05) is 36.4 Å². The van der Waals surface area contributed by atoms with Crippen LogP contribution in [0.4, 0.5) is 4.39 Å². The van der Waals surface area contributed by atoms with Crippen LogP contribution in [0.2, 0.25) is 0 Å². The Bertz CT molecular complexity index is 868. The van der Waals surface area contributed by atoms with Gasteiger partial charge in [-0.2, -0.15) is 0 Å². The number of nitrogens with zero attached hydrogens (tertiary/aromatic N) is 2. The summed E-state index contributed by atoms with van der Waals surface area (Å²) in [5.41, 5.74) is 2.41. The van der Waals surface area contributed by atoms with Gasteiger partial charge in [0.15, 0.2) is 0 Å². The fourth-order valence-electron chi connectivity index (χ4n) is 3.62. The summed E-state index contributed by atoms with van der Waals surface area (Å²) in [6.45, 7) is 1.93. The van der Waals surface area contributed by atoms with Crippen molar-refractivity contribution in [2.45, 2.75) is 25.2 Å². The van der Waals surface area contributed by atoms with Crippen molar-refractivity contribution in [3.8, 4) is 0 Å². The van der Waals surface area contributed by atoms with Gasteiger partial charge >= 0.3 is 0 Å². The summed E-state index contributed by atoms with van der Waals surface area (Å²) in [5.74, 6) is 0.169. The van der Waals surface area contributed by atoms with Crippen LogP contribution in [0.15, 0.2) is 42.6 Å². The van der Waals surface area contributed by atoms with E-state index in [1.165, 1.54) is 0 Å². The molecule has 0 amide bonds. The molecule has 1 aliphatic rings. The van der Waals surface area contributed by atoms with Crippen LogP contribution in [-0.2, 0) is 6.42 Å². The van der Waals surface area contributed by atoms with Crippen LogP contribution in [0.1, 0.15) is 35.6 Å². The zero-order valence-corrected chi connectivity index (χ0v) is 13.4. The average molecular weight is 325 g/mol. The molecule has 0 unspecified atom stereocenters. The van der Waals surface area contributed by atoms with E-state index in [2.05, 4.69) is 10.4 Å². The molecule has 0 atom stereocenters. The predicted molar refractivity (Wildman–Crippen MR) is 91.0 cm³/mol. The molecule has 1 fully saturated rings. The molecule has 0 bridgehead atoms. The fourth-order valence-corrected chi connectivity index (χ4v) is 3.62. The van der Waals surface area contributed by atoms with Crippen LogP contribution in [0.5, 0.6) is 0 Å². The highest BCUT2D eigenvalue weighted by Crippen LogP contribution is 2.30. The van der Waals surface area contributed by atoms with Crippen LogP contribution < -0.4 is 5.32 Å². The second-order valence-electron chi connectivity index (χ2n) is 6.41. The minimum absolute atomic E-state index is 0.197. The Morgan fingerprint density at radius 1 is 1.17 bits per heavy atom. The van der Waals surface area contributed by atoms with Gasteiger partial charge in [0.2, 0.25) is 0 Å². The normalized spacial score (nSPS) is 15.9. The van der Waals surface area contributed by atoms with Crippen molar-refractivity contribution in [1.82, 2.24) is 15.3 Å². The first-order valence-corrected chi connectivity index (χ1v) is 8.37. The second-order valence-corrected chi connectivity index (χ2v) is 6.41. The third kappa shape index (κ3) is 2.76. The van der Waals surface area contributed by atoms with Crippen molar-refractivity contribution in [3.63, 3.8) is 0 Å². The fraction of sp³-hybridized carbons (Fsp3) is 0.316. The molecule has 5 heteroatoms. The van der Waals surface area contributed by atoms with Crippen molar-refractivity contribution in [2.24, 2.45) is 0 Å². The highest BCUT2D eigenvalue weighted by atomic mass is 19.1. The summed E-state index contributed by atoms with van der Waals surface area (Å²) in [7, 11) is 0. The first-order chi connectivity index (χ1) is 11.7. The van der Waals surface area contributed by atoms with Crippen molar-refractivity contribution in [1.29, 1.82) is 0 Å². The highest BCUT2D eigenvalue weighted by molar-refractivity contribution is 5.83. The first-order valence-electron chi connectivity index (χ1n) is 8.37. The maximum absolute atomic E-state index is 14.8. The SMILES string of the molecule is On1cc(C2CCNCC2)c(Cc2ccc3ccccc3c2F)n1. The molecule has 2 heterocycles. The average Bonchev–Trinajstić information content (AvgIpc) is 2.99. The minimum atomic E-state index is -0.197. The third-order valence-electron chi connectivity index (χ3n) is 4.89. The molecule has 4 nitrogen and oxygen atoms in total. The van der Waals surface area contributed by atoms with E-state index in [-0.39, 0.29) is 5.82 Å². The molecular weight excluding hydrogens is 305 g/mol. The maximum atomic E-state index is 14.8. The lowest BCUT2D eigenvalue weighted by molar-refractivity contribution is 0.147. The number of piperidine rings is 1. The summed E-state index contributed by atoms with van der Waals surface area (Å²) in [4.78, 5) is 0.867. The number of fused-ring (bicyclic) bond motifs is 1. The zero-order valence-electron chi connectivity index (χ0n) is 13.4. The van der Waals surface area contributed by atoms with Gasteiger partial charge in [0, 0.05) is 17.4 Å². The molecular formula is C19H20FN3O. The van der Waals surface area contributed by atoms with Gasteiger partial charge in [0.1, 0.15) is 5.82 Å². The van der Waals surface area contributed by atoms with Crippen LogP contribution in [0.3, 0.4) is 0 Å². The summed E-state index contributed by atoms with van der Waals surface area (Å²) >= 11 is 0. The number of hydrogen-bond donors (Lipinski definition) is 2. The minimum Gasteiger partial charge on any atom is -0.412 e. The molecule has 0 radical (unpaired) electrons. The Kier molecular flexibility index (Phi) is 3.94. The molecule has 2 N–H and O–H groups in total. The van der Waals surface area contributed by atoms with Crippen molar-refractivity contribution < 1.29 is 9.60 Å². The topological polar surface area (TPSA) is 50.1 Å². The van der Waals surface area contributed by atoms with E-state index in [1.54, 1.807) is 12.3 Å². The standard InChI is InChI=1S/C19H20FN3O/c20-19-15(6-5-13-3-1-2-4-16(13)19)11-18-17(12-23(24)22-18)14-7-9-21-10-8-14/h1-6,12,14,21,24H,7-11H2. The summed E-state index contributed by atoms with van der Waals surface area (Å²) < 4.78 is 14.8. The molecule has 3 aromatic rings. The van der Waals surface area contributed by atoms with Gasteiger partial charge in [-0.25, -0.2) is 4.39 Å². The lowest BCUT2D eigenvalue weighted by Crippen LogP contribution is -2.26. The molecule has 4 rings (SSSR count).